The van der Waals surface area contributed by atoms with Crippen LogP contribution in [0.3, 0.4) is 0 Å². The zero-order valence-electron chi connectivity index (χ0n) is 25.6. The van der Waals surface area contributed by atoms with Crippen molar-refractivity contribution < 1.29 is 33.2 Å². The Morgan fingerprint density at radius 2 is 1.67 bits per heavy atom. The molecule has 43 heavy (non-hydrogen) atoms. The number of benzene rings is 3. The van der Waals surface area contributed by atoms with Crippen LogP contribution >= 0.6 is 0 Å². The molecule has 0 aliphatic heterocycles. The van der Waals surface area contributed by atoms with Gasteiger partial charge in [-0.1, -0.05) is 50.2 Å². The third kappa shape index (κ3) is 10.9. The van der Waals surface area contributed by atoms with E-state index >= 15 is 0 Å². The van der Waals surface area contributed by atoms with Crippen molar-refractivity contribution in [1.29, 1.82) is 0 Å². The van der Waals surface area contributed by atoms with Gasteiger partial charge in [0, 0.05) is 38.2 Å². The third-order valence-corrected chi connectivity index (χ3v) is 7.29. The number of carbonyl (C=O) groups excluding carboxylic acids is 1. The monoisotopic (exact) mass is 596 g/mol. The lowest BCUT2D eigenvalue weighted by molar-refractivity contribution is -0.128. The number of hydrogen-bond donors (Lipinski definition) is 3. The van der Waals surface area contributed by atoms with E-state index in [-0.39, 0.29) is 37.3 Å². The maximum absolute atomic E-state index is 13.5. The number of hydrogen-bond acceptors (Lipinski definition) is 7. The van der Waals surface area contributed by atoms with E-state index in [9.17, 15) is 14.3 Å². The molecule has 3 aromatic carbocycles. The van der Waals surface area contributed by atoms with E-state index in [0.29, 0.717) is 25.5 Å². The van der Waals surface area contributed by atoms with Crippen molar-refractivity contribution >= 4 is 5.91 Å². The Morgan fingerprint density at radius 1 is 0.977 bits per heavy atom. The second-order valence-electron chi connectivity index (χ2n) is 10.9. The van der Waals surface area contributed by atoms with E-state index < -0.39 is 18.1 Å². The molecule has 0 spiro atoms. The molecule has 0 heterocycles. The van der Waals surface area contributed by atoms with Gasteiger partial charge >= 0.3 is 0 Å². The molecule has 0 aromatic heterocycles. The summed E-state index contributed by atoms with van der Waals surface area (Å²) in [6, 6.07) is 18.8. The number of aliphatic hydroxyl groups excluding tert-OH is 1. The summed E-state index contributed by atoms with van der Waals surface area (Å²) in [6.45, 7) is 5.71. The Kier molecular flexibility index (Phi) is 13.9. The molecule has 1 amide bonds. The highest BCUT2D eigenvalue weighted by atomic mass is 19.1. The number of nitrogens with one attached hydrogen (secondary N) is 1. The van der Waals surface area contributed by atoms with Gasteiger partial charge in [0.25, 0.3) is 0 Å². The molecule has 4 N–H and O–H groups in total. The van der Waals surface area contributed by atoms with Crippen LogP contribution in [0.25, 0.3) is 11.1 Å². The molecule has 0 radical (unpaired) electrons. The zero-order valence-corrected chi connectivity index (χ0v) is 25.6. The normalized spacial score (nSPS) is 13.4. The largest absolute Gasteiger partial charge is 0.497 e. The minimum atomic E-state index is -0.917. The van der Waals surface area contributed by atoms with Gasteiger partial charge < -0.3 is 35.1 Å². The molecule has 0 aliphatic carbocycles. The molecule has 8 nitrogen and oxygen atoms in total. The van der Waals surface area contributed by atoms with Crippen molar-refractivity contribution in [2.75, 3.05) is 34.0 Å². The minimum Gasteiger partial charge on any atom is -0.497 e. The van der Waals surface area contributed by atoms with Crippen LogP contribution in [0.5, 0.6) is 11.5 Å². The molecular formula is C34H45FN2O6. The lowest BCUT2D eigenvalue weighted by atomic mass is 9.87. The standard InChI is InChI=1S/C34H45FN2O6/c1-23(2)30(34(39)37-20-24-6-13-28(41-4)14-7-24)19-32(38)31(36)22-42-21-25-8-15-29(26-9-11-27(35)12-10-26)33(18-25)43-17-5-16-40-3/h6-15,18,23,30-32,38H,5,16-17,19-22,36H2,1-4H3,(H,37,39)/t30-,31?,32-/m0/s1. The number of amides is 1. The van der Waals surface area contributed by atoms with Crippen molar-refractivity contribution in [3.05, 3.63) is 83.7 Å². The van der Waals surface area contributed by atoms with Crippen LogP contribution in [0, 0.1) is 17.7 Å². The van der Waals surface area contributed by atoms with Gasteiger partial charge in [0.05, 0.1) is 39.1 Å². The van der Waals surface area contributed by atoms with E-state index in [0.717, 1.165) is 34.4 Å². The SMILES string of the molecule is COCCCOc1cc(COCC(N)[C@@H](O)C[C@H](C(=O)NCc2ccc(OC)cc2)C(C)C)ccc1-c1ccc(F)cc1. The summed E-state index contributed by atoms with van der Waals surface area (Å²) in [7, 11) is 3.25. The van der Waals surface area contributed by atoms with Crippen molar-refractivity contribution in [1.82, 2.24) is 5.32 Å². The van der Waals surface area contributed by atoms with Gasteiger partial charge in [0.15, 0.2) is 0 Å². The van der Waals surface area contributed by atoms with E-state index in [1.54, 1.807) is 26.4 Å². The molecular weight excluding hydrogens is 551 g/mol. The van der Waals surface area contributed by atoms with Crippen molar-refractivity contribution in [3.63, 3.8) is 0 Å². The second-order valence-corrected chi connectivity index (χ2v) is 10.9. The molecule has 3 aromatic rings. The summed E-state index contributed by atoms with van der Waals surface area (Å²) in [5.74, 6) is 0.592. The van der Waals surface area contributed by atoms with Crippen LogP contribution in [0.4, 0.5) is 4.39 Å². The lowest BCUT2D eigenvalue weighted by Gasteiger charge is -2.26. The molecule has 0 saturated carbocycles. The summed E-state index contributed by atoms with van der Waals surface area (Å²) in [6.07, 6.45) is 0.0336. The predicted octanol–water partition coefficient (Wildman–Crippen LogP) is 5.10. The van der Waals surface area contributed by atoms with Gasteiger partial charge in [-0.25, -0.2) is 4.39 Å². The Bertz CT molecular complexity index is 1250. The Labute approximate surface area is 254 Å². The number of ether oxygens (including phenoxy) is 4. The van der Waals surface area contributed by atoms with Crippen LogP contribution in [-0.4, -0.2) is 57.2 Å². The average Bonchev–Trinajstić information content (AvgIpc) is 3.01. The molecule has 0 bridgehead atoms. The first-order valence-electron chi connectivity index (χ1n) is 14.6. The van der Waals surface area contributed by atoms with Crippen molar-refractivity contribution in [3.8, 4) is 22.6 Å². The van der Waals surface area contributed by atoms with Crippen LogP contribution in [0.15, 0.2) is 66.7 Å². The lowest BCUT2D eigenvalue weighted by Crippen LogP contribution is -2.43. The first-order chi connectivity index (χ1) is 20.7. The number of rotatable bonds is 18. The zero-order chi connectivity index (χ0) is 31.2. The highest BCUT2D eigenvalue weighted by Gasteiger charge is 2.28. The Morgan fingerprint density at radius 3 is 2.33 bits per heavy atom. The molecule has 3 rings (SSSR count). The van der Waals surface area contributed by atoms with E-state index in [4.69, 9.17) is 24.7 Å². The van der Waals surface area contributed by atoms with Gasteiger partial charge in [-0.2, -0.15) is 0 Å². The van der Waals surface area contributed by atoms with Gasteiger partial charge in [-0.05, 0) is 59.4 Å². The van der Waals surface area contributed by atoms with Crippen LogP contribution in [-0.2, 0) is 27.4 Å². The fourth-order valence-electron chi connectivity index (χ4n) is 4.63. The number of nitrogens with two attached hydrogens (primary N) is 1. The highest BCUT2D eigenvalue weighted by Crippen LogP contribution is 2.32. The third-order valence-electron chi connectivity index (χ3n) is 7.29. The second kappa shape index (κ2) is 17.6. The summed E-state index contributed by atoms with van der Waals surface area (Å²) in [5.41, 5.74) is 9.78. The van der Waals surface area contributed by atoms with Crippen molar-refractivity contribution in [2.24, 2.45) is 17.6 Å². The van der Waals surface area contributed by atoms with Gasteiger partial charge in [-0.3, -0.25) is 4.79 Å². The summed E-state index contributed by atoms with van der Waals surface area (Å²) in [5, 5.41) is 13.8. The predicted molar refractivity (Wildman–Crippen MR) is 165 cm³/mol. The van der Waals surface area contributed by atoms with Gasteiger partial charge in [-0.15, -0.1) is 0 Å². The van der Waals surface area contributed by atoms with E-state index in [1.165, 1.54) is 12.1 Å². The topological polar surface area (TPSA) is 112 Å². The van der Waals surface area contributed by atoms with Crippen LogP contribution < -0.4 is 20.5 Å². The molecule has 1 unspecified atom stereocenters. The maximum Gasteiger partial charge on any atom is 0.223 e. The minimum absolute atomic E-state index is 0.0144. The fourth-order valence-corrected chi connectivity index (χ4v) is 4.63. The Balaban J connectivity index is 1.54. The van der Waals surface area contributed by atoms with E-state index in [1.807, 2.05) is 56.3 Å². The van der Waals surface area contributed by atoms with Crippen molar-refractivity contribution in [2.45, 2.75) is 52.0 Å². The molecule has 234 valence electrons. The average molecular weight is 597 g/mol. The number of carbonyl (C=O) groups is 1. The highest BCUT2D eigenvalue weighted by molar-refractivity contribution is 5.79. The Hall–Kier alpha value is -3.50. The van der Waals surface area contributed by atoms with Gasteiger partial charge in [0.2, 0.25) is 5.91 Å². The fraction of sp³-hybridized carbons (Fsp3) is 0.441. The summed E-state index contributed by atoms with van der Waals surface area (Å²) in [4.78, 5) is 13.0. The molecule has 0 aliphatic rings. The summed E-state index contributed by atoms with van der Waals surface area (Å²) < 4.78 is 35.7. The summed E-state index contributed by atoms with van der Waals surface area (Å²) >= 11 is 0. The first kappa shape index (κ1) is 34.0. The molecule has 3 atom stereocenters. The quantitative estimate of drug-likeness (QED) is 0.175. The van der Waals surface area contributed by atoms with Gasteiger partial charge in [0.1, 0.15) is 17.3 Å². The number of methoxy groups -OCH3 is 2. The molecule has 9 heteroatoms. The molecule has 0 fully saturated rings. The maximum atomic E-state index is 13.5. The first-order valence-corrected chi connectivity index (χ1v) is 14.6. The van der Waals surface area contributed by atoms with Crippen LogP contribution in [0.2, 0.25) is 0 Å². The number of halogens is 1. The smallest absolute Gasteiger partial charge is 0.223 e. The molecule has 0 saturated heterocycles. The number of aliphatic hydroxyl groups is 1. The van der Waals surface area contributed by atoms with E-state index in [2.05, 4.69) is 5.32 Å². The van der Waals surface area contributed by atoms with Crippen LogP contribution in [0.1, 0.15) is 37.8 Å².